The van der Waals surface area contributed by atoms with Crippen molar-refractivity contribution < 1.29 is 9.59 Å². The Morgan fingerprint density at radius 1 is 1.07 bits per heavy atom. The van der Waals surface area contributed by atoms with Crippen molar-refractivity contribution in [2.45, 2.75) is 25.8 Å². The van der Waals surface area contributed by atoms with Gasteiger partial charge in [-0.2, -0.15) is 0 Å². The van der Waals surface area contributed by atoms with Gasteiger partial charge in [0.05, 0.1) is 10.9 Å². The number of hydrogen-bond donors (Lipinski definition) is 0. The van der Waals surface area contributed by atoms with E-state index >= 15 is 0 Å². The zero-order valence-corrected chi connectivity index (χ0v) is 18.0. The molecule has 4 nitrogen and oxygen atoms in total. The van der Waals surface area contributed by atoms with E-state index < -0.39 is 0 Å². The summed E-state index contributed by atoms with van der Waals surface area (Å²) in [5.74, 6) is -0.0475. The summed E-state index contributed by atoms with van der Waals surface area (Å²) in [7, 11) is 0. The van der Waals surface area contributed by atoms with Gasteiger partial charge in [0, 0.05) is 18.0 Å². The first-order valence-electron chi connectivity index (χ1n) is 9.92. The Hall–Kier alpha value is -2.44. The van der Waals surface area contributed by atoms with Crippen LogP contribution in [0.25, 0.3) is 0 Å². The number of nitrogens with zero attached hydrogens (tertiary/aromatic N) is 2. The third-order valence-corrected chi connectivity index (χ3v) is 7.09. The van der Waals surface area contributed by atoms with Gasteiger partial charge >= 0.3 is 0 Å². The predicted octanol–water partition coefficient (Wildman–Crippen LogP) is 4.84. The molecule has 0 N–H and O–H groups in total. The lowest BCUT2D eigenvalue weighted by molar-refractivity contribution is -0.134. The van der Waals surface area contributed by atoms with Gasteiger partial charge in [0.1, 0.15) is 6.54 Å². The van der Waals surface area contributed by atoms with E-state index in [0.717, 1.165) is 18.4 Å². The number of thiophene rings is 2. The molecule has 1 unspecified atom stereocenters. The van der Waals surface area contributed by atoms with Crippen LogP contribution in [0.15, 0.2) is 59.3 Å². The highest BCUT2D eigenvalue weighted by Gasteiger charge is 2.33. The van der Waals surface area contributed by atoms with Crippen LogP contribution in [0.2, 0.25) is 0 Å². The maximum atomic E-state index is 13.4. The van der Waals surface area contributed by atoms with Gasteiger partial charge in [-0.3, -0.25) is 9.59 Å². The van der Waals surface area contributed by atoms with Gasteiger partial charge in [-0.05, 0) is 46.9 Å². The van der Waals surface area contributed by atoms with Crippen LogP contribution in [-0.2, 0) is 11.2 Å². The molecular formula is C23H24N2O2S2. The molecule has 3 aromatic rings. The highest BCUT2D eigenvalue weighted by Crippen LogP contribution is 2.37. The number of carbonyl (C=O) groups excluding carboxylic acids is 2. The minimum Gasteiger partial charge on any atom is -0.330 e. The molecule has 1 aliphatic heterocycles. The minimum absolute atomic E-state index is 0.00839. The topological polar surface area (TPSA) is 40.6 Å². The second kappa shape index (κ2) is 8.93. The Bertz CT molecular complexity index is 966. The normalized spacial score (nSPS) is 15.8. The van der Waals surface area contributed by atoms with Crippen molar-refractivity contribution in [3.05, 3.63) is 80.2 Å². The number of rotatable bonds is 6. The van der Waals surface area contributed by atoms with Gasteiger partial charge in [0.15, 0.2) is 0 Å². The quantitative estimate of drug-likeness (QED) is 0.568. The summed E-state index contributed by atoms with van der Waals surface area (Å²) in [4.78, 5) is 32.0. The molecule has 0 aliphatic carbocycles. The Morgan fingerprint density at radius 2 is 1.90 bits per heavy atom. The van der Waals surface area contributed by atoms with Crippen LogP contribution in [0.4, 0.5) is 0 Å². The summed E-state index contributed by atoms with van der Waals surface area (Å²) in [6.07, 6.45) is 1.69. The van der Waals surface area contributed by atoms with Gasteiger partial charge in [0.2, 0.25) is 5.91 Å². The van der Waals surface area contributed by atoms with Gasteiger partial charge < -0.3 is 9.80 Å². The minimum atomic E-state index is -0.0842. The molecule has 0 saturated carbocycles. The van der Waals surface area contributed by atoms with Gasteiger partial charge in [-0.25, -0.2) is 0 Å². The molecule has 2 aromatic heterocycles. The fourth-order valence-corrected chi connectivity index (χ4v) is 5.51. The molecule has 0 spiro atoms. The first-order chi connectivity index (χ1) is 14.2. The fraction of sp³-hybridized carbons (Fsp3) is 0.304. The largest absolute Gasteiger partial charge is 0.330 e. The highest BCUT2D eigenvalue weighted by atomic mass is 32.1. The van der Waals surface area contributed by atoms with Crippen LogP contribution in [0.5, 0.6) is 0 Å². The molecule has 150 valence electrons. The fourth-order valence-electron chi connectivity index (χ4n) is 3.91. The van der Waals surface area contributed by atoms with E-state index in [0.29, 0.717) is 18.0 Å². The number of benzene rings is 1. The number of hydrogen-bond acceptors (Lipinski definition) is 4. The molecule has 6 heteroatoms. The summed E-state index contributed by atoms with van der Waals surface area (Å²) in [6.45, 7) is 3.41. The van der Waals surface area contributed by atoms with Crippen molar-refractivity contribution in [3.8, 4) is 0 Å². The average Bonchev–Trinajstić information content (AvgIpc) is 3.44. The van der Waals surface area contributed by atoms with E-state index in [2.05, 4.69) is 23.6 Å². The molecule has 4 rings (SSSR count). The van der Waals surface area contributed by atoms with E-state index in [1.54, 1.807) is 16.2 Å². The molecular weight excluding hydrogens is 400 g/mol. The van der Waals surface area contributed by atoms with E-state index in [9.17, 15) is 9.59 Å². The summed E-state index contributed by atoms with van der Waals surface area (Å²) < 4.78 is 0. The SMILES string of the molecule is CCCN(CC(=O)N1CCc2sccc2C1c1ccccc1)C(=O)c1cccs1. The number of amides is 2. The van der Waals surface area contributed by atoms with Crippen LogP contribution >= 0.6 is 22.7 Å². The van der Waals surface area contributed by atoms with Crippen LogP contribution in [0, 0.1) is 0 Å². The van der Waals surface area contributed by atoms with E-state index in [1.165, 1.54) is 21.8 Å². The van der Waals surface area contributed by atoms with Crippen molar-refractivity contribution >= 4 is 34.5 Å². The third-order valence-electron chi connectivity index (χ3n) is 5.24. The third kappa shape index (κ3) is 4.14. The summed E-state index contributed by atoms with van der Waals surface area (Å²) in [5.41, 5.74) is 2.33. The van der Waals surface area contributed by atoms with Gasteiger partial charge in [0.25, 0.3) is 5.91 Å². The van der Waals surface area contributed by atoms with Crippen molar-refractivity contribution in [1.82, 2.24) is 9.80 Å². The lowest BCUT2D eigenvalue weighted by Gasteiger charge is -2.37. The molecule has 0 fully saturated rings. The lowest BCUT2D eigenvalue weighted by Crippen LogP contribution is -2.46. The van der Waals surface area contributed by atoms with Crippen LogP contribution in [-0.4, -0.2) is 41.2 Å². The molecule has 1 aliphatic rings. The maximum absolute atomic E-state index is 13.4. The van der Waals surface area contributed by atoms with Crippen LogP contribution < -0.4 is 0 Å². The van der Waals surface area contributed by atoms with Crippen molar-refractivity contribution in [1.29, 1.82) is 0 Å². The van der Waals surface area contributed by atoms with Crippen LogP contribution in [0.1, 0.15) is 45.1 Å². The maximum Gasteiger partial charge on any atom is 0.264 e. The summed E-state index contributed by atoms with van der Waals surface area (Å²) in [5, 5.41) is 4.01. The zero-order chi connectivity index (χ0) is 20.2. The second-order valence-electron chi connectivity index (χ2n) is 7.15. The van der Waals surface area contributed by atoms with Gasteiger partial charge in [-0.15, -0.1) is 22.7 Å². The number of fused-ring (bicyclic) bond motifs is 1. The Labute approximate surface area is 179 Å². The average molecular weight is 425 g/mol. The van der Waals surface area contributed by atoms with Crippen molar-refractivity contribution in [3.63, 3.8) is 0 Å². The molecule has 0 bridgehead atoms. The Morgan fingerprint density at radius 3 is 2.62 bits per heavy atom. The van der Waals surface area contributed by atoms with E-state index in [4.69, 9.17) is 0 Å². The second-order valence-corrected chi connectivity index (χ2v) is 9.10. The zero-order valence-electron chi connectivity index (χ0n) is 16.4. The smallest absolute Gasteiger partial charge is 0.264 e. The molecule has 29 heavy (non-hydrogen) atoms. The number of carbonyl (C=O) groups is 2. The Kier molecular flexibility index (Phi) is 6.11. The van der Waals surface area contributed by atoms with E-state index in [1.807, 2.05) is 47.5 Å². The molecule has 3 heterocycles. The molecule has 2 amide bonds. The van der Waals surface area contributed by atoms with Crippen molar-refractivity contribution in [2.24, 2.45) is 0 Å². The monoisotopic (exact) mass is 424 g/mol. The van der Waals surface area contributed by atoms with Gasteiger partial charge in [-0.1, -0.05) is 43.3 Å². The first-order valence-corrected chi connectivity index (χ1v) is 11.7. The predicted molar refractivity (Wildman–Crippen MR) is 119 cm³/mol. The first kappa shape index (κ1) is 19.9. The highest BCUT2D eigenvalue weighted by molar-refractivity contribution is 7.12. The summed E-state index contributed by atoms with van der Waals surface area (Å²) in [6, 6.07) is 15.9. The molecule has 0 saturated heterocycles. The molecule has 1 aromatic carbocycles. The standard InChI is InChI=1S/C23H24N2O2S2/c1-2-12-24(23(27)20-9-6-14-28-20)16-21(26)25-13-10-19-18(11-15-29-19)22(25)17-7-4-3-5-8-17/h3-9,11,14-15,22H,2,10,12-13,16H2,1H3. The molecule has 0 radical (unpaired) electrons. The molecule has 1 atom stereocenters. The summed E-state index contributed by atoms with van der Waals surface area (Å²) >= 11 is 3.18. The van der Waals surface area contributed by atoms with Crippen LogP contribution in [0.3, 0.4) is 0 Å². The van der Waals surface area contributed by atoms with Crippen molar-refractivity contribution in [2.75, 3.05) is 19.6 Å². The Balaban J connectivity index is 1.60. The van der Waals surface area contributed by atoms with E-state index in [-0.39, 0.29) is 24.4 Å². The lowest BCUT2D eigenvalue weighted by atomic mass is 9.93.